The molecular formula is C18H18F3N3O3. The van der Waals surface area contributed by atoms with Gasteiger partial charge in [0.25, 0.3) is 0 Å². The number of carbonyl (C=O) groups is 1. The van der Waals surface area contributed by atoms with Crippen LogP contribution in [0.4, 0.5) is 23.8 Å². The number of cyclic esters (lactones) is 1. The molecule has 1 aliphatic heterocycles. The van der Waals surface area contributed by atoms with Crippen molar-refractivity contribution in [2.24, 2.45) is 0 Å². The summed E-state index contributed by atoms with van der Waals surface area (Å²) in [6, 6.07) is 2.50. The molecule has 6 nitrogen and oxygen atoms in total. The predicted molar refractivity (Wildman–Crippen MR) is 89.8 cm³/mol. The molecule has 27 heavy (non-hydrogen) atoms. The number of benzene rings is 1. The minimum absolute atomic E-state index is 0.0908. The second-order valence-corrected chi connectivity index (χ2v) is 6.48. The average Bonchev–Trinajstić information content (AvgIpc) is 2.98. The predicted octanol–water partition coefficient (Wildman–Crippen LogP) is 2.95. The van der Waals surface area contributed by atoms with E-state index in [9.17, 15) is 23.1 Å². The first-order valence-corrected chi connectivity index (χ1v) is 8.38. The summed E-state index contributed by atoms with van der Waals surface area (Å²) in [5.74, 6) is -2.76. The zero-order chi connectivity index (χ0) is 19.7. The van der Waals surface area contributed by atoms with Crippen LogP contribution in [0.1, 0.15) is 31.2 Å². The lowest BCUT2D eigenvalue weighted by Crippen LogP contribution is -2.42. The molecule has 1 saturated heterocycles. The minimum atomic E-state index is -0.957. The molecule has 2 heterocycles. The SMILES string of the molecule is C[C@H](Cc1ncc(F)c(N2C(=O)OC[C@@H]2[C@@H](C)O)n1)c1ccc(F)cc1F. The lowest BCUT2D eigenvalue weighted by Gasteiger charge is -2.23. The van der Waals surface area contributed by atoms with Crippen LogP contribution in [-0.4, -0.2) is 39.9 Å². The largest absolute Gasteiger partial charge is 0.447 e. The Balaban J connectivity index is 1.88. The van der Waals surface area contributed by atoms with Crippen LogP contribution in [0.2, 0.25) is 0 Å². The van der Waals surface area contributed by atoms with Crippen LogP contribution in [0.15, 0.2) is 24.4 Å². The molecule has 0 aliphatic carbocycles. The molecule has 1 amide bonds. The van der Waals surface area contributed by atoms with Gasteiger partial charge in [-0.3, -0.25) is 0 Å². The Labute approximate surface area is 153 Å². The normalized spacial score (nSPS) is 19.1. The standard InChI is InChI=1S/C18H18F3N3O3/c1-9(12-4-3-11(19)6-13(12)20)5-16-22-7-14(21)17(23-16)24-15(10(2)25)8-27-18(24)26/h3-4,6-7,9-10,15,25H,5,8H2,1-2H3/t9-,10-,15-/m1/s1. The topological polar surface area (TPSA) is 75.6 Å². The third-order valence-corrected chi connectivity index (χ3v) is 4.45. The van der Waals surface area contributed by atoms with Gasteiger partial charge in [0.05, 0.1) is 12.3 Å². The molecule has 1 fully saturated rings. The first-order chi connectivity index (χ1) is 12.8. The van der Waals surface area contributed by atoms with Crippen molar-refractivity contribution in [3.8, 4) is 0 Å². The fourth-order valence-electron chi connectivity index (χ4n) is 2.98. The fraction of sp³-hybridized carbons (Fsp3) is 0.389. The van der Waals surface area contributed by atoms with Gasteiger partial charge in [-0.25, -0.2) is 32.8 Å². The second-order valence-electron chi connectivity index (χ2n) is 6.48. The zero-order valence-electron chi connectivity index (χ0n) is 14.7. The molecule has 0 bridgehead atoms. The molecule has 0 unspecified atom stereocenters. The molecule has 9 heteroatoms. The van der Waals surface area contributed by atoms with Gasteiger partial charge in [-0.15, -0.1) is 0 Å². The van der Waals surface area contributed by atoms with Gasteiger partial charge in [-0.05, 0) is 24.5 Å². The monoisotopic (exact) mass is 381 g/mol. The third-order valence-electron chi connectivity index (χ3n) is 4.45. The van der Waals surface area contributed by atoms with Crippen LogP contribution < -0.4 is 4.90 Å². The van der Waals surface area contributed by atoms with E-state index in [0.717, 1.165) is 23.2 Å². The molecule has 3 rings (SSSR count). The molecule has 0 saturated carbocycles. The van der Waals surface area contributed by atoms with E-state index in [1.165, 1.54) is 13.0 Å². The van der Waals surface area contributed by atoms with E-state index in [4.69, 9.17) is 4.74 Å². The van der Waals surface area contributed by atoms with Crippen molar-refractivity contribution in [3.63, 3.8) is 0 Å². The number of aliphatic hydroxyl groups is 1. The summed E-state index contributed by atoms with van der Waals surface area (Å²) in [4.78, 5) is 20.9. The van der Waals surface area contributed by atoms with Gasteiger partial charge in [0.1, 0.15) is 30.1 Å². The second kappa shape index (κ2) is 7.51. The fourth-order valence-corrected chi connectivity index (χ4v) is 2.98. The Kier molecular flexibility index (Phi) is 5.31. The van der Waals surface area contributed by atoms with Crippen LogP contribution in [-0.2, 0) is 11.2 Å². The van der Waals surface area contributed by atoms with Gasteiger partial charge in [-0.1, -0.05) is 13.0 Å². The van der Waals surface area contributed by atoms with Gasteiger partial charge < -0.3 is 9.84 Å². The maximum Gasteiger partial charge on any atom is 0.416 e. The third kappa shape index (κ3) is 3.87. The van der Waals surface area contributed by atoms with Gasteiger partial charge in [0.2, 0.25) is 0 Å². The highest BCUT2D eigenvalue weighted by molar-refractivity contribution is 5.89. The Bertz CT molecular complexity index is 863. The summed E-state index contributed by atoms with van der Waals surface area (Å²) in [7, 11) is 0. The molecule has 144 valence electrons. The molecule has 1 N–H and O–H groups in total. The van der Waals surface area contributed by atoms with Gasteiger partial charge in [-0.2, -0.15) is 0 Å². The van der Waals surface area contributed by atoms with E-state index in [2.05, 4.69) is 9.97 Å². The first kappa shape index (κ1) is 19.1. The van der Waals surface area contributed by atoms with E-state index in [-0.39, 0.29) is 30.2 Å². The number of amides is 1. The Hall–Kier alpha value is -2.68. The molecule has 0 radical (unpaired) electrons. The van der Waals surface area contributed by atoms with Crippen LogP contribution in [0.5, 0.6) is 0 Å². The number of carbonyl (C=O) groups excluding carboxylic acids is 1. The average molecular weight is 381 g/mol. The number of hydrogen-bond acceptors (Lipinski definition) is 5. The summed E-state index contributed by atoms with van der Waals surface area (Å²) in [6.45, 7) is 3.07. The molecule has 1 aliphatic rings. The summed E-state index contributed by atoms with van der Waals surface area (Å²) >= 11 is 0. The summed E-state index contributed by atoms with van der Waals surface area (Å²) < 4.78 is 46.1. The van der Waals surface area contributed by atoms with Gasteiger partial charge >= 0.3 is 6.09 Å². The van der Waals surface area contributed by atoms with Crippen molar-refractivity contribution in [2.75, 3.05) is 11.5 Å². The highest BCUT2D eigenvalue weighted by atomic mass is 19.1. The smallest absolute Gasteiger partial charge is 0.416 e. The summed E-state index contributed by atoms with van der Waals surface area (Å²) in [6.07, 6.45) is -0.725. The Morgan fingerprint density at radius 2 is 2.04 bits per heavy atom. The molecule has 3 atom stereocenters. The zero-order valence-corrected chi connectivity index (χ0v) is 14.7. The maximum absolute atomic E-state index is 14.2. The minimum Gasteiger partial charge on any atom is -0.447 e. The molecular weight excluding hydrogens is 363 g/mol. The lowest BCUT2D eigenvalue weighted by atomic mass is 9.97. The molecule has 0 spiro atoms. The number of aromatic nitrogens is 2. The number of ether oxygens (including phenoxy) is 1. The van der Waals surface area contributed by atoms with E-state index in [0.29, 0.717) is 0 Å². The van der Waals surface area contributed by atoms with Crippen LogP contribution >= 0.6 is 0 Å². The van der Waals surface area contributed by atoms with E-state index in [1.54, 1.807) is 6.92 Å². The molecule has 1 aromatic heterocycles. The summed E-state index contributed by atoms with van der Waals surface area (Å²) in [5, 5.41) is 9.80. The Morgan fingerprint density at radius 3 is 2.70 bits per heavy atom. The van der Waals surface area contributed by atoms with Crippen molar-refractivity contribution in [1.29, 1.82) is 0 Å². The van der Waals surface area contributed by atoms with Crippen molar-refractivity contribution in [3.05, 3.63) is 53.2 Å². The highest BCUT2D eigenvalue weighted by Crippen LogP contribution is 2.27. The van der Waals surface area contributed by atoms with Gasteiger partial charge in [0, 0.05) is 12.5 Å². The van der Waals surface area contributed by atoms with Crippen molar-refractivity contribution in [2.45, 2.75) is 38.3 Å². The number of halogens is 3. The number of anilines is 1. The highest BCUT2D eigenvalue weighted by Gasteiger charge is 2.39. The number of hydrogen-bond donors (Lipinski definition) is 1. The van der Waals surface area contributed by atoms with Crippen LogP contribution in [0.25, 0.3) is 0 Å². The maximum atomic E-state index is 14.2. The first-order valence-electron chi connectivity index (χ1n) is 8.38. The quantitative estimate of drug-likeness (QED) is 0.862. The van der Waals surface area contributed by atoms with Crippen molar-refractivity contribution < 1.29 is 27.8 Å². The number of nitrogens with zero attached hydrogens (tertiary/aromatic N) is 3. The van der Waals surface area contributed by atoms with Crippen LogP contribution in [0, 0.1) is 17.5 Å². The van der Waals surface area contributed by atoms with Gasteiger partial charge in [0.15, 0.2) is 11.6 Å². The number of aliphatic hydroxyl groups excluding tert-OH is 1. The Morgan fingerprint density at radius 1 is 1.30 bits per heavy atom. The van der Waals surface area contributed by atoms with Crippen molar-refractivity contribution in [1.82, 2.24) is 9.97 Å². The number of rotatable bonds is 5. The molecule has 2 aromatic rings. The summed E-state index contributed by atoms with van der Waals surface area (Å²) in [5.41, 5.74) is 0.272. The van der Waals surface area contributed by atoms with E-state index in [1.807, 2.05) is 0 Å². The van der Waals surface area contributed by atoms with Crippen molar-refractivity contribution >= 4 is 11.9 Å². The molecule has 1 aromatic carbocycles. The van der Waals surface area contributed by atoms with E-state index < -0.39 is 41.6 Å². The van der Waals surface area contributed by atoms with E-state index >= 15 is 0 Å². The lowest BCUT2D eigenvalue weighted by molar-refractivity contribution is 0.142. The van der Waals surface area contributed by atoms with Crippen LogP contribution in [0.3, 0.4) is 0 Å².